The molecule has 78 valence electrons. The van der Waals surface area contributed by atoms with Crippen LogP contribution in [0.3, 0.4) is 0 Å². The Morgan fingerprint density at radius 3 is 3.21 bits per heavy atom. The summed E-state index contributed by atoms with van der Waals surface area (Å²) < 4.78 is 6.75. The van der Waals surface area contributed by atoms with Crippen LogP contribution in [0.5, 0.6) is 0 Å². The molecule has 0 radical (unpaired) electrons. The van der Waals surface area contributed by atoms with Crippen molar-refractivity contribution in [2.45, 2.75) is 13.0 Å². The van der Waals surface area contributed by atoms with Gasteiger partial charge in [-0.25, -0.2) is 0 Å². The molecule has 0 amide bonds. The predicted octanol–water partition coefficient (Wildman–Crippen LogP) is 0.455. The summed E-state index contributed by atoms with van der Waals surface area (Å²) in [6.45, 7) is 5.88. The summed E-state index contributed by atoms with van der Waals surface area (Å²) in [4.78, 5) is 0. The second kappa shape index (κ2) is 6.15. The largest absolute Gasteiger partial charge is 0.502 e. The molecule has 0 aliphatic carbocycles. The van der Waals surface area contributed by atoms with Crippen molar-refractivity contribution in [1.82, 2.24) is 20.3 Å². The normalized spacial score (nSPS) is 10.1. The molecule has 0 aliphatic heterocycles. The number of aryl methyl sites for hydroxylation is 1. The third-order valence-corrected chi connectivity index (χ3v) is 1.85. The average molecular weight is 196 g/mol. The lowest BCUT2D eigenvalue weighted by Gasteiger charge is -2.03. The molecule has 0 unspecified atom stereocenters. The SMILES string of the molecule is C=COCCCNCc1cnnn1C. The van der Waals surface area contributed by atoms with Gasteiger partial charge in [0.2, 0.25) is 0 Å². The van der Waals surface area contributed by atoms with Gasteiger partial charge in [0.05, 0.1) is 24.8 Å². The van der Waals surface area contributed by atoms with Gasteiger partial charge < -0.3 is 10.1 Å². The fourth-order valence-electron chi connectivity index (χ4n) is 1.05. The fraction of sp³-hybridized carbons (Fsp3) is 0.556. The van der Waals surface area contributed by atoms with E-state index in [1.54, 1.807) is 10.9 Å². The van der Waals surface area contributed by atoms with Gasteiger partial charge in [0.1, 0.15) is 0 Å². The van der Waals surface area contributed by atoms with E-state index in [4.69, 9.17) is 4.74 Å². The van der Waals surface area contributed by atoms with E-state index in [0.29, 0.717) is 6.61 Å². The van der Waals surface area contributed by atoms with Gasteiger partial charge in [-0.2, -0.15) is 0 Å². The highest BCUT2D eigenvalue weighted by atomic mass is 16.5. The number of nitrogens with one attached hydrogen (secondary N) is 1. The minimum atomic E-state index is 0.708. The van der Waals surface area contributed by atoms with Crippen LogP contribution in [0.4, 0.5) is 0 Å². The van der Waals surface area contributed by atoms with E-state index in [1.807, 2.05) is 7.05 Å². The van der Waals surface area contributed by atoms with Gasteiger partial charge >= 0.3 is 0 Å². The third kappa shape index (κ3) is 3.57. The van der Waals surface area contributed by atoms with Crippen molar-refractivity contribution >= 4 is 0 Å². The van der Waals surface area contributed by atoms with Gasteiger partial charge in [-0.05, 0) is 13.0 Å². The molecule has 0 atom stereocenters. The summed E-state index contributed by atoms with van der Waals surface area (Å²) in [5, 5.41) is 10.9. The van der Waals surface area contributed by atoms with Crippen LogP contribution in [-0.2, 0) is 18.3 Å². The summed E-state index contributed by atoms with van der Waals surface area (Å²) in [6.07, 6.45) is 4.19. The Morgan fingerprint density at radius 1 is 1.71 bits per heavy atom. The molecule has 5 heteroatoms. The molecule has 1 rings (SSSR count). The molecular weight excluding hydrogens is 180 g/mol. The molecule has 5 nitrogen and oxygen atoms in total. The topological polar surface area (TPSA) is 52.0 Å². The van der Waals surface area contributed by atoms with Gasteiger partial charge in [0.15, 0.2) is 0 Å². The Kier molecular flexibility index (Phi) is 4.71. The van der Waals surface area contributed by atoms with Crippen LogP contribution in [0.2, 0.25) is 0 Å². The van der Waals surface area contributed by atoms with E-state index >= 15 is 0 Å². The first-order chi connectivity index (χ1) is 6.84. The van der Waals surface area contributed by atoms with Crippen molar-refractivity contribution < 1.29 is 4.74 Å². The smallest absolute Gasteiger partial charge is 0.0885 e. The van der Waals surface area contributed by atoms with Crippen LogP contribution in [0.25, 0.3) is 0 Å². The number of hydrogen-bond acceptors (Lipinski definition) is 4. The quantitative estimate of drug-likeness (QED) is 0.508. The van der Waals surface area contributed by atoms with Crippen LogP contribution in [0.15, 0.2) is 19.0 Å². The minimum Gasteiger partial charge on any atom is -0.502 e. The summed E-state index contributed by atoms with van der Waals surface area (Å²) in [5.41, 5.74) is 1.08. The number of hydrogen-bond donors (Lipinski definition) is 1. The molecule has 1 heterocycles. The highest BCUT2D eigenvalue weighted by Crippen LogP contribution is 1.91. The Hall–Kier alpha value is -1.36. The molecular formula is C9H16N4O. The van der Waals surface area contributed by atoms with E-state index in [-0.39, 0.29) is 0 Å². The molecule has 1 N–H and O–H groups in total. The maximum atomic E-state index is 4.99. The van der Waals surface area contributed by atoms with Gasteiger partial charge in [0, 0.05) is 13.6 Å². The Labute approximate surface area is 83.8 Å². The molecule has 1 aromatic rings. The average Bonchev–Trinajstić information content (AvgIpc) is 2.58. The van der Waals surface area contributed by atoms with Crippen LogP contribution >= 0.6 is 0 Å². The molecule has 0 saturated carbocycles. The van der Waals surface area contributed by atoms with Crippen molar-refractivity contribution in [3.8, 4) is 0 Å². The van der Waals surface area contributed by atoms with Crippen molar-refractivity contribution in [2.75, 3.05) is 13.2 Å². The number of rotatable bonds is 7. The van der Waals surface area contributed by atoms with Crippen LogP contribution < -0.4 is 5.32 Å². The lowest BCUT2D eigenvalue weighted by Crippen LogP contribution is -2.17. The number of nitrogens with zero attached hydrogens (tertiary/aromatic N) is 3. The van der Waals surface area contributed by atoms with Gasteiger partial charge in [-0.15, -0.1) is 5.10 Å². The highest BCUT2D eigenvalue weighted by molar-refractivity contribution is 4.91. The zero-order valence-corrected chi connectivity index (χ0v) is 8.44. The van der Waals surface area contributed by atoms with Gasteiger partial charge in [0.25, 0.3) is 0 Å². The first-order valence-corrected chi connectivity index (χ1v) is 4.61. The Balaban J connectivity index is 2.04. The van der Waals surface area contributed by atoms with Gasteiger partial charge in [-0.3, -0.25) is 4.68 Å². The van der Waals surface area contributed by atoms with Crippen molar-refractivity contribution in [1.29, 1.82) is 0 Å². The van der Waals surface area contributed by atoms with E-state index in [2.05, 4.69) is 22.2 Å². The lowest BCUT2D eigenvalue weighted by molar-refractivity contribution is 0.244. The van der Waals surface area contributed by atoms with Crippen molar-refractivity contribution in [2.24, 2.45) is 7.05 Å². The molecule has 0 aliphatic rings. The molecule has 0 fully saturated rings. The van der Waals surface area contributed by atoms with Crippen LogP contribution in [0.1, 0.15) is 12.1 Å². The van der Waals surface area contributed by atoms with Crippen molar-refractivity contribution in [3.05, 3.63) is 24.7 Å². The molecule has 0 aromatic carbocycles. The Bertz CT molecular complexity index is 272. The zero-order chi connectivity index (χ0) is 10.2. The Morgan fingerprint density at radius 2 is 2.57 bits per heavy atom. The molecule has 0 saturated heterocycles. The van der Waals surface area contributed by atoms with Crippen LogP contribution in [0, 0.1) is 0 Å². The van der Waals surface area contributed by atoms with Crippen molar-refractivity contribution in [3.63, 3.8) is 0 Å². The highest BCUT2D eigenvalue weighted by Gasteiger charge is 1.97. The second-order valence-corrected chi connectivity index (χ2v) is 2.92. The molecule has 14 heavy (non-hydrogen) atoms. The number of ether oxygens (including phenoxy) is 1. The summed E-state index contributed by atoms with van der Waals surface area (Å²) in [6, 6.07) is 0. The lowest BCUT2D eigenvalue weighted by atomic mass is 10.4. The minimum absolute atomic E-state index is 0.708. The van der Waals surface area contributed by atoms with Crippen LogP contribution in [-0.4, -0.2) is 28.1 Å². The first-order valence-electron chi connectivity index (χ1n) is 4.61. The first kappa shape index (κ1) is 10.7. The summed E-state index contributed by atoms with van der Waals surface area (Å²) >= 11 is 0. The van der Waals surface area contributed by atoms with E-state index in [0.717, 1.165) is 25.2 Å². The van der Waals surface area contributed by atoms with E-state index in [1.165, 1.54) is 6.26 Å². The molecule has 0 spiro atoms. The standard InChI is InChI=1S/C9H16N4O/c1-3-14-6-4-5-10-7-9-8-11-12-13(9)2/h3,8,10H,1,4-7H2,2H3. The van der Waals surface area contributed by atoms with E-state index in [9.17, 15) is 0 Å². The van der Waals surface area contributed by atoms with Gasteiger partial charge in [-0.1, -0.05) is 11.8 Å². The fourth-order valence-corrected chi connectivity index (χ4v) is 1.05. The second-order valence-electron chi connectivity index (χ2n) is 2.92. The zero-order valence-electron chi connectivity index (χ0n) is 8.44. The maximum Gasteiger partial charge on any atom is 0.0885 e. The number of aromatic nitrogens is 3. The molecule has 0 bridgehead atoms. The third-order valence-electron chi connectivity index (χ3n) is 1.85. The van der Waals surface area contributed by atoms with E-state index < -0.39 is 0 Å². The predicted molar refractivity (Wildman–Crippen MR) is 53.5 cm³/mol. The monoisotopic (exact) mass is 196 g/mol. The summed E-state index contributed by atoms with van der Waals surface area (Å²) in [7, 11) is 1.88. The molecule has 1 aromatic heterocycles. The summed E-state index contributed by atoms with van der Waals surface area (Å²) in [5.74, 6) is 0. The maximum absolute atomic E-state index is 4.99.